The van der Waals surface area contributed by atoms with Crippen molar-refractivity contribution in [1.82, 2.24) is 24.8 Å². The highest BCUT2D eigenvalue weighted by Crippen LogP contribution is 2.16. The van der Waals surface area contributed by atoms with Crippen molar-refractivity contribution in [2.24, 2.45) is 0 Å². The van der Waals surface area contributed by atoms with Crippen LogP contribution in [0.5, 0.6) is 0 Å². The van der Waals surface area contributed by atoms with Crippen LogP contribution in [0.25, 0.3) is 10.9 Å². The number of hydrogen-bond donors (Lipinski definition) is 3. The van der Waals surface area contributed by atoms with Crippen LogP contribution in [-0.2, 0) is 6.54 Å². The number of nitrogens with one attached hydrogen (secondary N) is 3. The molecule has 0 aliphatic heterocycles. The summed E-state index contributed by atoms with van der Waals surface area (Å²) < 4.78 is 1.94. The number of aromatic nitrogens is 4. The SMILES string of the molecule is Cc1nc(NC(=N)NCCn2ccnc2)nc2ccccc12. The lowest BCUT2D eigenvalue weighted by Gasteiger charge is -2.11. The molecule has 0 aliphatic rings. The zero-order chi connectivity index (χ0) is 15.4. The summed E-state index contributed by atoms with van der Waals surface area (Å²) in [6.07, 6.45) is 5.36. The first-order valence-electron chi connectivity index (χ1n) is 7.01. The van der Waals surface area contributed by atoms with E-state index in [1.807, 2.05) is 42.0 Å². The van der Waals surface area contributed by atoms with Crippen LogP contribution < -0.4 is 10.6 Å². The molecular formula is C15H17N7. The zero-order valence-electron chi connectivity index (χ0n) is 12.2. The summed E-state index contributed by atoms with van der Waals surface area (Å²) in [6.45, 7) is 3.29. The van der Waals surface area contributed by atoms with E-state index >= 15 is 0 Å². The fourth-order valence-corrected chi connectivity index (χ4v) is 2.18. The van der Waals surface area contributed by atoms with Crippen LogP contribution in [0.2, 0.25) is 0 Å². The average Bonchev–Trinajstić information content (AvgIpc) is 3.00. The molecule has 3 rings (SSSR count). The molecule has 22 heavy (non-hydrogen) atoms. The molecule has 3 N–H and O–H groups in total. The lowest BCUT2D eigenvalue weighted by Crippen LogP contribution is -2.32. The summed E-state index contributed by atoms with van der Waals surface area (Å²) in [4.78, 5) is 12.8. The normalized spacial score (nSPS) is 10.6. The predicted molar refractivity (Wildman–Crippen MR) is 85.9 cm³/mol. The highest BCUT2D eigenvalue weighted by atomic mass is 15.2. The van der Waals surface area contributed by atoms with Crippen LogP contribution in [0, 0.1) is 12.3 Å². The third-order valence-corrected chi connectivity index (χ3v) is 3.26. The van der Waals surface area contributed by atoms with Crippen molar-refractivity contribution in [3.8, 4) is 0 Å². The van der Waals surface area contributed by atoms with Crippen molar-refractivity contribution in [3.05, 3.63) is 48.7 Å². The first kappa shape index (κ1) is 14.0. The Bertz CT molecular complexity index is 780. The molecule has 0 spiro atoms. The molecule has 7 nitrogen and oxygen atoms in total. The van der Waals surface area contributed by atoms with Crippen LogP contribution in [0.3, 0.4) is 0 Å². The van der Waals surface area contributed by atoms with Gasteiger partial charge in [-0.1, -0.05) is 18.2 Å². The van der Waals surface area contributed by atoms with Gasteiger partial charge < -0.3 is 9.88 Å². The summed E-state index contributed by atoms with van der Waals surface area (Å²) in [5, 5.41) is 14.8. The fraction of sp³-hybridized carbons (Fsp3) is 0.200. The molecule has 0 bridgehead atoms. The molecule has 7 heteroatoms. The van der Waals surface area contributed by atoms with Crippen molar-refractivity contribution in [1.29, 1.82) is 5.41 Å². The predicted octanol–water partition coefficient (Wildman–Crippen LogP) is 1.77. The van der Waals surface area contributed by atoms with Crippen molar-refractivity contribution in [2.75, 3.05) is 11.9 Å². The number of aryl methyl sites for hydroxylation is 1. The number of anilines is 1. The van der Waals surface area contributed by atoms with Gasteiger partial charge in [-0.05, 0) is 13.0 Å². The van der Waals surface area contributed by atoms with Crippen LogP contribution >= 0.6 is 0 Å². The van der Waals surface area contributed by atoms with E-state index in [0.717, 1.165) is 23.1 Å². The van der Waals surface area contributed by atoms with Gasteiger partial charge in [0.25, 0.3) is 0 Å². The van der Waals surface area contributed by atoms with E-state index in [9.17, 15) is 0 Å². The largest absolute Gasteiger partial charge is 0.354 e. The van der Waals surface area contributed by atoms with Crippen molar-refractivity contribution in [3.63, 3.8) is 0 Å². The second kappa shape index (κ2) is 6.21. The van der Waals surface area contributed by atoms with Crippen LogP contribution in [0.15, 0.2) is 43.0 Å². The summed E-state index contributed by atoms with van der Waals surface area (Å²) >= 11 is 0. The molecule has 3 aromatic rings. The molecule has 2 heterocycles. The van der Waals surface area contributed by atoms with Gasteiger partial charge in [-0.25, -0.2) is 15.0 Å². The van der Waals surface area contributed by atoms with Gasteiger partial charge >= 0.3 is 0 Å². The molecule has 0 saturated heterocycles. The van der Waals surface area contributed by atoms with Gasteiger partial charge in [0.2, 0.25) is 5.95 Å². The minimum Gasteiger partial charge on any atom is -0.354 e. The third kappa shape index (κ3) is 3.20. The van der Waals surface area contributed by atoms with Gasteiger partial charge in [0.05, 0.1) is 17.5 Å². The molecule has 112 valence electrons. The van der Waals surface area contributed by atoms with Crippen LogP contribution in [0.4, 0.5) is 5.95 Å². The lowest BCUT2D eigenvalue weighted by atomic mass is 10.2. The maximum Gasteiger partial charge on any atom is 0.230 e. The molecule has 0 radical (unpaired) electrons. The van der Waals surface area contributed by atoms with Gasteiger partial charge in [0.1, 0.15) is 0 Å². The summed E-state index contributed by atoms with van der Waals surface area (Å²) in [6, 6.07) is 7.83. The molecular weight excluding hydrogens is 278 g/mol. The highest BCUT2D eigenvalue weighted by molar-refractivity contribution is 5.91. The Hall–Kier alpha value is -2.96. The van der Waals surface area contributed by atoms with Gasteiger partial charge in [0.15, 0.2) is 5.96 Å². The number of para-hydroxylation sites is 1. The standard InChI is InChI=1S/C15H17N7/c1-11-12-4-2-3-5-13(12)20-15(19-11)21-14(16)18-7-9-22-8-6-17-10-22/h2-6,8,10H,7,9H2,1H3,(H3,16,18,19,20,21). The first-order valence-corrected chi connectivity index (χ1v) is 7.01. The fourth-order valence-electron chi connectivity index (χ4n) is 2.18. The maximum absolute atomic E-state index is 7.91. The molecule has 0 saturated carbocycles. The van der Waals surface area contributed by atoms with E-state index in [1.54, 1.807) is 12.5 Å². The minimum atomic E-state index is 0.176. The number of guanidine groups is 1. The van der Waals surface area contributed by atoms with Gasteiger partial charge in [0, 0.05) is 30.9 Å². The Labute approximate surface area is 127 Å². The van der Waals surface area contributed by atoms with Gasteiger partial charge in [-0.3, -0.25) is 10.7 Å². The smallest absolute Gasteiger partial charge is 0.230 e. The van der Waals surface area contributed by atoms with E-state index in [-0.39, 0.29) is 5.96 Å². The molecule has 0 aliphatic carbocycles. The summed E-state index contributed by atoms with van der Waals surface area (Å²) in [7, 11) is 0. The number of nitrogens with zero attached hydrogens (tertiary/aromatic N) is 4. The maximum atomic E-state index is 7.91. The second-order valence-corrected chi connectivity index (χ2v) is 4.88. The lowest BCUT2D eigenvalue weighted by molar-refractivity contribution is 0.671. The molecule has 0 amide bonds. The second-order valence-electron chi connectivity index (χ2n) is 4.88. The quantitative estimate of drug-likeness (QED) is 0.504. The minimum absolute atomic E-state index is 0.176. The number of imidazole rings is 1. The topological polar surface area (TPSA) is 91.5 Å². The van der Waals surface area contributed by atoms with E-state index in [4.69, 9.17) is 5.41 Å². The number of rotatable bonds is 4. The summed E-state index contributed by atoms with van der Waals surface area (Å²) in [5.74, 6) is 0.603. The molecule has 1 aromatic carbocycles. The zero-order valence-corrected chi connectivity index (χ0v) is 12.2. The number of fused-ring (bicyclic) bond motifs is 1. The number of benzene rings is 1. The van der Waals surface area contributed by atoms with E-state index in [0.29, 0.717) is 12.5 Å². The van der Waals surface area contributed by atoms with Gasteiger partial charge in [-0.2, -0.15) is 0 Å². The van der Waals surface area contributed by atoms with E-state index in [2.05, 4.69) is 25.6 Å². The van der Waals surface area contributed by atoms with Crippen LogP contribution in [0.1, 0.15) is 5.69 Å². The Morgan fingerprint density at radius 1 is 1.27 bits per heavy atom. The van der Waals surface area contributed by atoms with E-state index in [1.165, 1.54) is 0 Å². The first-order chi connectivity index (χ1) is 10.7. The van der Waals surface area contributed by atoms with E-state index < -0.39 is 0 Å². The molecule has 0 atom stereocenters. The average molecular weight is 295 g/mol. The molecule has 2 aromatic heterocycles. The Balaban J connectivity index is 1.61. The van der Waals surface area contributed by atoms with Crippen molar-refractivity contribution >= 4 is 22.8 Å². The Kier molecular flexibility index (Phi) is 3.95. The molecule has 0 unspecified atom stereocenters. The van der Waals surface area contributed by atoms with Crippen molar-refractivity contribution < 1.29 is 0 Å². The summed E-state index contributed by atoms with van der Waals surface area (Å²) in [5.41, 5.74) is 1.75. The van der Waals surface area contributed by atoms with Crippen molar-refractivity contribution in [2.45, 2.75) is 13.5 Å². The van der Waals surface area contributed by atoms with Gasteiger partial charge in [-0.15, -0.1) is 0 Å². The Morgan fingerprint density at radius 3 is 2.95 bits per heavy atom. The number of hydrogen-bond acceptors (Lipinski definition) is 4. The van der Waals surface area contributed by atoms with Crippen LogP contribution in [-0.4, -0.2) is 32.0 Å². The third-order valence-electron chi connectivity index (χ3n) is 3.26. The highest BCUT2D eigenvalue weighted by Gasteiger charge is 2.05. The Morgan fingerprint density at radius 2 is 2.14 bits per heavy atom. The monoisotopic (exact) mass is 295 g/mol. The molecule has 0 fully saturated rings.